The third kappa shape index (κ3) is 2.57. The average Bonchev–Trinajstić information content (AvgIpc) is 2.05. The van der Waals surface area contributed by atoms with E-state index in [0.29, 0.717) is 18.3 Å². The molecule has 0 atom stereocenters. The van der Waals surface area contributed by atoms with Gasteiger partial charge in [-0.3, -0.25) is 0 Å². The van der Waals surface area contributed by atoms with Crippen LogP contribution in [0.4, 0.5) is 5.82 Å². The zero-order valence-electron chi connectivity index (χ0n) is 6.90. The van der Waals surface area contributed by atoms with Gasteiger partial charge in [0.2, 0.25) is 5.88 Å². The van der Waals surface area contributed by atoms with Gasteiger partial charge in [0.25, 0.3) is 0 Å². The Morgan fingerprint density at radius 2 is 2.42 bits per heavy atom. The van der Waals surface area contributed by atoms with E-state index in [2.05, 4.69) is 9.97 Å². The third-order valence-corrected chi connectivity index (χ3v) is 1.23. The molecule has 0 radical (unpaired) electrons. The van der Waals surface area contributed by atoms with Crippen LogP contribution in [-0.4, -0.2) is 16.6 Å². The number of ether oxygens (including phenoxy) is 1. The van der Waals surface area contributed by atoms with E-state index in [9.17, 15) is 0 Å². The summed E-state index contributed by atoms with van der Waals surface area (Å²) in [6.45, 7) is 2.44. The summed E-state index contributed by atoms with van der Waals surface area (Å²) in [7, 11) is 0. The smallest absolute Gasteiger partial charge is 0.218 e. The fourth-order valence-electron chi connectivity index (χ4n) is 0.662. The van der Waals surface area contributed by atoms with Crippen molar-refractivity contribution < 1.29 is 4.74 Å². The molecule has 0 amide bonds. The molecule has 0 saturated carbocycles. The highest BCUT2D eigenvalue weighted by Gasteiger charge is 1.93. The van der Waals surface area contributed by atoms with E-state index >= 15 is 0 Å². The van der Waals surface area contributed by atoms with E-state index < -0.39 is 0 Å². The lowest BCUT2D eigenvalue weighted by Crippen LogP contribution is -1.98. The zero-order valence-corrected chi connectivity index (χ0v) is 6.90. The van der Waals surface area contributed by atoms with Gasteiger partial charge >= 0.3 is 0 Å². The van der Waals surface area contributed by atoms with Crippen molar-refractivity contribution in [2.75, 3.05) is 12.3 Å². The maximum absolute atomic E-state index is 5.41. The topological polar surface area (TPSA) is 61.0 Å². The van der Waals surface area contributed by atoms with Crippen molar-refractivity contribution in [3.8, 4) is 5.88 Å². The minimum absolute atomic E-state index is 0.417. The number of nitrogens with two attached hydrogens (primary N) is 1. The number of hydrogen-bond donors (Lipinski definition) is 1. The lowest BCUT2D eigenvalue weighted by atomic mass is 10.5. The van der Waals surface area contributed by atoms with Crippen LogP contribution in [0.1, 0.15) is 6.92 Å². The summed E-state index contributed by atoms with van der Waals surface area (Å²) in [4.78, 5) is 7.60. The van der Waals surface area contributed by atoms with Crippen LogP contribution in [0.5, 0.6) is 5.88 Å². The molecule has 2 N–H and O–H groups in total. The molecule has 0 spiro atoms. The Morgan fingerprint density at radius 1 is 1.58 bits per heavy atom. The first-order valence-corrected chi connectivity index (χ1v) is 3.64. The number of rotatable bonds is 3. The van der Waals surface area contributed by atoms with E-state index in [0.717, 1.165) is 0 Å². The monoisotopic (exact) mass is 165 g/mol. The summed E-state index contributed by atoms with van der Waals surface area (Å²) in [6, 6.07) is 1.59. The van der Waals surface area contributed by atoms with E-state index in [1.165, 1.54) is 6.33 Å². The molecule has 1 aromatic heterocycles. The molecule has 1 aromatic rings. The molecule has 0 bridgehead atoms. The van der Waals surface area contributed by atoms with E-state index in [1.807, 2.05) is 19.1 Å². The van der Waals surface area contributed by atoms with Gasteiger partial charge in [-0.15, -0.1) is 0 Å². The second-order valence-electron chi connectivity index (χ2n) is 2.16. The Morgan fingerprint density at radius 3 is 3.08 bits per heavy atom. The van der Waals surface area contributed by atoms with E-state index in [1.54, 1.807) is 6.07 Å². The van der Waals surface area contributed by atoms with Gasteiger partial charge in [0.1, 0.15) is 18.8 Å². The molecule has 0 unspecified atom stereocenters. The SMILES string of the molecule is C/C=C/COc1cc(N)ncn1. The van der Waals surface area contributed by atoms with Crippen molar-refractivity contribution in [3.63, 3.8) is 0 Å². The highest BCUT2D eigenvalue weighted by molar-refractivity contribution is 5.30. The van der Waals surface area contributed by atoms with Gasteiger partial charge in [0.15, 0.2) is 0 Å². The molecular formula is C8H11N3O. The molecule has 64 valence electrons. The van der Waals surface area contributed by atoms with Crippen molar-refractivity contribution >= 4 is 5.82 Å². The number of allylic oxidation sites excluding steroid dienone is 1. The molecule has 0 saturated heterocycles. The molecule has 0 aliphatic rings. The molecule has 4 nitrogen and oxygen atoms in total. The number of nitrogen functional groups attached to an aromatic ring is 1. The summed E-state index contributed by atoms with van der Waals surface area (Å²) in [5, 5.41) is 0. The fraction of sp³-hybridized carbons (Fsp3) is 0.250. The number of hydrogen-bond acceptors (Lipinski definition) is 4. The predicted molar refractivity (Wildman–Crippen MR) is 46.8 cm³/mol. The molecule has 1 rings (SSSR count). The molecule has 0 aliphatic heterocycles. The molecule has 0 aromatic carbocycles. The predicted octanol–water partition coefficient (Wildman–Crippen LogP) is 1.01. The Balaban J connectivity index is 2.52. The van der Waals surface area contributed by atoms with Crippen LogP contribution in [0.2, 0.25) is 0 Å². The molecule has 0 aliphatic carbocycles. The van der Waals surface area contributed by atoms with Crippen molar-refractivity contribution in [1.82, 2.24) is 9.97 Å². The Kier molecular flexibility index (Phi) is 3.07. The fourth-order valence-corrected chi connectivity index (χ4v) is 0.662. The van der Waals surface area contributed by atoms with E-state index in [4.69, 9.17) is 10.5 Å². The zero-order chi connectivity index (χ0) is 8.81. The first kappa shape index (κ1) is 8.52. The second-order valence-corrected chi connectivity index (χ2v) is 2.16. The minimum Gasteiger partial charge on any atom is -0.473 e. The number of aromatic nitrogens is 2. The van der Waals surface area contributed by atoms with Crippen LogP contribution in [0, 0.1) is 0 Å². The standard InChI is InChI=1S/C8H11N3O/c1-2-3-4-12-8-5-7(9)10-6-11-8/h2-3,5-6H,4H2,1H3,(H2,9,10,11)/b3-2+. The number of nitrogens with zero attached hydrogens (tertiary/aromatic N) is 2. The maximum atomic E-state index is 5.41. The Labute approximate surface area is 71.1 Å². The van der Waals surface area contributed by atoms with Crippen molar-refractivity contribution in [3.05, 3.63) is 24.5 Å². The summed E-state index contributed by atoms with van der Waals surface area (Å²) in [5.74, 6) is 0.918. The first-order valence-electron chi connectivity index (χ1n) is 3.64. The van der Waals surface area contributed by atoms with Crippen LogP contribution >= 0.6 is 0 Å². The summed E-state index contributed by atoms with van der Waals surface area (Å²) >= 11 is 0. The molecule has 12 heavy (non-hydrogen) atoms. The summed E-state index contributed by atoms with van der Waals surface area (Å²) < 4.78 is 5.21. The normalized spacial score (nSPS) is 10.4. The second kappa shape index (κ2) is 4.33. The van der Waals surface area contributed by atoms with Gasteiger partial charge in [-0.05, 0) is 6.92 Å². The van der Waals surface area contributed by atoms with Crippen LogP contribution < -0.4 is 10.5 Å². The number of anilines is 1. The quantitative estimate of drug-likeness (QED) is 0.679. The Bertz CT molecular complexity index is 273. The van der Waals surface area contributed by atoms with Crippen LogP contribution in [0.25, 0.3) is 0 Å². The molecule has 0 fully saturated rings. The Hall–Kier alpha value is -1.58. The van der Waals surface area contributed by atoms with E-state index in [-0.39, 0.29) is 0 Å². The summed E-state index contributed by atoms with van der Waals surface area (Å²) in [6.07, 6.45) is 5.17. The van der Waals surface area contributed by atoms with Crippen LogP contribution in [0.3, 0.4) is 0 Å². The van der Waals surface area contributed by atoms with Gasteiger partial charge in [0.05, 0.1) is 0 Å². The molecule has 4 heteroatoms. The lowest BCUT2D eigenvalue weighted by molar-refractivity contribution is 0.348. The van der Waals surface area contributed by atoms with Crippen molar-refractivity contribution in [1.29, 1.82) is 0 Å². The van der Waals surface area contributed by atoms with Gasteiger partial charge in [-0.2, -0.15) is 0 Å². The van der Waals surface area contributed by atoms with Gasteiger partial charge in [-0.1, -0.05) is 12.2 Å². The summed E-state index contributed by atoms with van der Waals surface area (Å²) in [5.41, 5.74) is 5.41. The van der Waals surface area contributed by atoms with Crippen LogP contribution in [-0.2, 0) is 0 Å². The highest BCUT2D eigenvalue weighted by Crippen LogP contribution is 2.06. The minimum atomic E-state index is 0.417. The third-order valence-electron chi connectivity index (χ3n) is 1.23. The first-order chi connectivity index (χ1) is 5.83. The van der Waals surface area contributed by atoms with Crippen molar-refractivity contribution in [2.24, 2.45) is 0 Å². The van der Waals surface area contributed by atoms with Crippen molar-refractivity contribution in [2.45, 2.75) is 6.92 Å². The highest BCUT2D eigenvalue weighted by atomic mass is 16.5. The lowest BCUT2D eigenvalue weighted by Gasteiger charge is -2.00. The largest absolute Gasteiger partial charge is 0.473 e. The molecular weight excluding hydrogens is 154 g/mol. The average molecular weight is 165 g/mol. The maximum Gasteiger partial charge on any atom is 0.218 e. The van der Waals surface area contributed by atoms with Crippen LogP contribution in [0.15, 0.2) is 24.5 Å². The van der Waals surface area contributed by atoms with Gasteiger partial charge < -0.3 is 10.5 Å². The van der Waals surface area contributed by atoms with Gasteiger partial charge in [0, 0.05) is 6.07 Å². The molecule has 1 heterocycles. The van der Waals surface area contributed by atoms with Gasteiger partial charge in [-0.25, -0.2) is 9.97 Å².